The molecule has 0 aliphatic carbocycles. The van der Waals surface area contributed by atoms with Crippen molar-refractivity contribution in [2.75, 3.05) is 20.3 Å². The summed E-state index contributed by atoms with van der Waals surface area (Å²) < 4.78 is 38.2. The van der Waals surface area contributed by atoms with Gasteiger partial charge in [0.1, 0.15) is 29.5 Å². The number of nitrogens with zero attached hydrogens (tertiary/aromatic N) is 1. The Labute approximate surface area is 248 Å². The highest BCUT2D eigenvalue weighted by Crippen LogP contribution is 2.43. The quantitative estimate of drug-likeness (QED) is 0.289. The smallest absolute Gasteiger partial charge is 0.410 e. The molecule has 3 aromatic carbocycles. The molecular formula is C34H41NO7. The minimum atomic E-state index is -0.944. The van der Waals surface area contributed by atoms with Crippen molar-refractivity contribution >= 4 is 6.09 Å². The van der Waals surface area contributed by atoms with Gasteiger partial charge in [-0.25, -0.2) is 4.79 Å². The van der Waals surface area contributed by atoms with Crippen molar-refractivity contribution < 1.29 is 33.2 Å². The highest BCUT2D eigenvalue weighted by atomic mass is 16.8. The van der Waals surface area contributed by atoms with Crippen LogP contribution in [0.3, 0.4) is 0 Å². The number of likely N-dealkylation sites (N-methyl/N-ethyl adjacent to an activating group) is 1. The van der Waals surface area contributed by atoms with E-state index in [0.717, 1.165) is 16.7 Å². The maximum Gasteiger partial charge on any atom is 0.410 e. The summed E-state index contributed by atoms with van der Waals surface area (Å²) >= 11 is 0. The number of hydrogen-bond acceptors (Lipinski definition) is 7. The Morgan fingerprint density at radius 1 is 0.833 bits per heavy atom. The van der Waals surface area contributed by atoms with Gasteiger partial charge in [0.15, 0.2) is 6.29 Å². The van der Waals surface area contributed by atoms with Gasteiger partial charge in [-0.1, -0.05) is 91.0 Å². The fourth-order valence-corrected chi connectivity index (χ4v) is 5.37. The molecule has 2 bridgehead atoms. The number of ether oxygens (including phenoxy) is 6. The number of carbonyl (C=O) groups is 1. The van der Waals surface area contributed by atoms with Crippen LogP contribution in [0.5, 0.6) is 0 Å². The number of fused-ring (bicyclic) bond motifs is 2. The summed E-state index contributed by atoms with van der Waals surface area (Å²) in [6.45, 7) is 7.04. The molecule has 2 aliphatic rings. The Kier molecular flexibility index (Phi) is 9.60. The van der Waals surface area contributed by atoms with Crippen molar-refractivity contribution in [3.8, 4) is 0 Å². The molecule has 2 fully saturated rings. The Bertz CT molecular complexity index is 1270. The number of amides is 1. The molecule has 42 heavy (non-hydrogen) atoms. The molecule has 3 aromatic rings. The van der Waals surface area contributed by atoms with E-state index in [1.807, 2.05) is 112 Å². The minimum Gasteiger partial charge on any atom is -0.444 e. The minimum absolute atomic E-state index is 0.228. The molecule has 5 atom stereocenters. The zero-order valence-electron chi connectivity index (χ0n) is 24.8. The standard InChI is InChI=1S/C34H41NO7/c1-33(2,3)42-32(36)35(4)28-29(38-21-26-16-10-6-11-17-26)30(39-22-27-18-12-7-13-19-27)34(24-40-31(28)41-34)23-37-20-25-14-8-5-9-15-25/h5-19,28-31H,20-24H2,1-4H3/t28?,29-,30-,31+,34+/m1/s1. The number of rotatable bonds is 11. The molecule has 5 rings (SSSR count). The molecule has 0 saturated carbocycles. The summed E-state index contributed by atoms with van der Waals surface area (Å²) in [6, 6.07) is 29.3. The van der Waals surface area contributed by atoms with E-state index in [1.165, 1.54) is 4.90 Å². The summed E-state index contributed by atoms with van der Waals surface area (Å²) in [5, 5.41) is 0. The first-order valence-electron chi connectivity index (χ1n) is 14.4. The van der Waals surface area contributed by atoms with Gasteiger partial charge >= 0.3 is 6.09 Å². The maximum atomic E-state index is 13.3. The molecule has 1 amide bonds. The molecule has 224 valence electrons. The molecule has 0 spiro atoms. The van der Waals surface area contributed by atoms with E-state index in [2.05, 4.69) is 0 Å². The molecular weight excluding hydrogens is 534 g/mol. The van der Waals surface area contributed by atoms with Crippen LogP contribution in [0, 0.1) is 0 Å². The molecule has 0 aromatic heterocycles. The van der Waals surface area contributed by atoms with Gasteiger partial charge in [0.2, 0.25) is 0 Å². The van der Waals surface area contributed by atoms with Gasteiger partial charge in [-0.15, -0.1) is 0 Å². The van der Waals surface area contributed by atoms with Gasteiger partial charge in [0, 0.05) is 7.05 Å². The molecule has 0 radical (unpaired) electrons. The second kappa shape index (κ2) is 13.4. The van der Waals surface area contributed by atoms with Crippen molar-refractivity contribution in [1.82, 2.24) is 4.90 Å². The van der Waals surface area contributed by atoms with Crippen LogP contribution in [0.15, 0.2) is 91.0 Å². The van der Waals surface area contributed by atoms with Gasteiger partial charge in [-0.2, -0.15) is 0 Å². The van der Waals surface area contributed by atoms with Crippen molar-refractivity contribution in [3.63, 3.8) is 0 Å². The molecule has 8 nitrogen and oxygen atoms in total. The first-order chi connectivity index (χ1) is 20.2. The van der Waals surface area contributed by atoms with Crippen LogP contribution < -0.4 is 0 Å². The third-order valence-corrected chi connectivity index (χ3v) is 7.42. The monoisotopic (exact) mass is 575 g/mol. The summed E-state index contributed by atoms with van der Waals surface area (Å²) in [5.74, 6) is 0. The van der Waals surface area contributed by atoms with Gasteiger partial charge in [0.25, 0.3) is 0 Å². The van der Waals surface area contributed by atoms with Gasteiger partial charge < -0.3 is 33.3 Å². The average molecular weight is 576 g/mol. The molecule has 2 saturated heterocycles. The zero-order valence-corrected chi connectivity index (χ0v) is 24.8. The van der Waals surface area contributed by atoms with Crippen LogP contribution in [-0.2, 0) is 48.2 Å². The third-order valence-electron chi connectivity index (χ3n) is 7.42. The first kappa shape index (κ1) is 30.2. The third kappa shape index (κ3) is 7.38. The largest absolute Gasteiger partial charge is 0.444 e. The van der Waals surface area contributed by atoms with Crippen molar-refractivity contribution in [1.29, 1.82) is 0 Å². The number of hydrogen-bond donors (Lipinski definition) is 0. The highest BCUT2D eigenvalue weighted by molar-refractivity contribution is 5.68. The fourth-order valence-electron chi connectivity index (χ4n) is 5.37. The van der Waals surface area contributed by atoms with Crippen LogP contribution in [0.25, 0.3) is 0 Å². The van der Waals surface area contributed by atoms with Crippen LogP contribution >= 0.6 is 0 Å². The SMILES string of the molecule is CN(C(=O)OC(C)(C)C)C1[C@H]2OC[C@](COCc3ccccc3)(O2)[C@H](OCc2ccccc2)[C@@H]1OCc1ccccc1. The van der Waals surface area contributed by atoms with E-state index in [9.17, 15) is 4.79 Å². The van der Waals surface area contributed by atoms with Crippen LogP contribution in [0.4, 0.5) is 4.79 Å². The van der Waals surface area contributed by atoms with E-state index in [0.29, 0.717) is 19.8 Å². The van der Waals surface area contributed by atoms with E-state index < -0.39 is 41.8 Å². The molecule has 2 aliphatic heterocycles. The fraction of sp³-hybridized carbons (Fsp3) is 0.441. The lowest BCUT2D eigenvalue weighted by Gasteiger charge is -2.48. The predicted molar refractivity (Wildman–Crippen MR) is 157 cm³/mol. The van der Waals surface area contributed by atoms with Crippen molar-refractivity contribution in [2.45, 2.75) is 76.3 Å². The maximum absolute atomic E-state index is 13.3. The summed E-state index contributed by atoms with van der Waals surface area (Å²) in [5.41, 5.74) is 1.46. The second-order valence-electron chi connectivity index (χ2n) is 11.9. The molecule has 1 unspecified atom stereocenters. The van der Waals surface area contributed by atoms with Gasteiger partial charge in [-0.05, 0) is 37.5 Å². The lowest BCUT2D eigenvalue weighted by Crippen LogP contribution is -2.68. The van der Waals surface area contributed by atoms with E-state index >= 15 is 0 Å². The summed E-state index contributed by atoms with van der Waals surface area (Å²) in [4.78, 5) is 14.8. The molecule has 8 heteroatoms. The van der Waals surface area contributed by atoms with Crippen LogP contribution in [-0.4, -0.2) is 67.0 Å². The summed E-state index contributed by atoms with van der Waals surface area (Å²) in [6.07, 6.45) is -2.46. The van der Waals surface area contributed by atoms with Crippen molar-refractivity contribution in [2.24, 2.45) is 0 Å². The highest BCUT2D eigenvalue weighted by Gasteiger charge is 2.63. The normalized spacial score (nSPS) is 25.2. The topological polar surface area (TPSA) is 75.7 Å². The van der Waals surface area contributed by atoms with Gasteiger partial charge in [-0.3, -0.25) is 0 Å². The lowest BCUT2D eigenvalue weighted by molar-refractivity contribution is -0.275. The van der Waals surface area contributed by atoms with E-state index in [-0.39, 0.29) is 13.2 Å². The van der Waals surface area contributed by atoms with Crippen molar-refractivity contribution in [3.05, 3.63) is 108 Å². The predicted octanol–water partition coefficient (Wildman–Crippen LogP) is 5.73. The summed E-state index contributed by atoms with van der Waals surface area (Å²) in [7, 11) is 1.69. The Morgan fingerprint density at radius 2 is 1.36 bits per heavy atom. The Hall–Kier alpha value is -3.27. The van der Waals surface area contributed by atoms with Crippen LogP contribution in [0.1, 0.15) is 37.5 Å². The average Bonchev–Trinajstić information content (AvgIpc) is 3.36. The second-order valence-corrected chi connectivity index (χ2v) is 11.9. The van der Waals surface area contributed by atoms with Crippen LogP contribution in [0.2, 0.25) is 0 Å². The van der Waals surface area contributed by atoms with Gasteiger partial charge in [0.05, 0.1) is 33.0 Å². The Morgan fingerprint density at radius 3 is 1.90 bits per heavy atom. The number of benzene rings is 3. The molecule has 2 heterocycles. The zero-order chi connectivity index (χ0) is 29.6. The molecule has 0 N–H and O–H groups in total. The van der Waals surface area contributed by atoms with E-state index in [1.54, 1.807) is 7.05 Å². The first-order valence-corrected chi connectivity index (χ1v) is 14.4. The lowest BCUT2D eigenvalue weighted by atomic mass is 9.87. The Balaban J connectivity index is 1.45. The van der Waals surface area contributed by atoms with E-state index in [4.69, 9.17) is 28.4 Å². The number of carbonyl (C=O) groups excluding carboxylic acids is 1.